The standard InChI is InChI=1S/C11H13N3/c1-2-3-6-14-10-5-4-9(8-12)11(13)7-10/h2-5,7,14H,6,13H2,1H3/b3-2+. The van der Waals surface area contributed by atoms with E-state index in [2.05, 4.69) is 5.32 Å². The van der Waals surface area contributed by atoms with Gasteiger partial charge in [-0.05, 0) is 25.1 Å². The Hall–Kier alpha value is -1.95. The Balaban J connectivity index is 2.72. The summed E-state index contributed by atoms with van der Waals surface area (Å²) >= 11 is 0. The van der Waals surface area contributed by atoms with E-state index in [1.165, 1.54) is 0 Å². The highest BCUT2D eigenvalue weighted by Crippen LogP contribution is 2.16. The Labute approximate surface area is 83.8 Å². The van der Waals surface area contributed by atoms with Crippen molar-refractivity contribution in [3.05, 3.63) is 35.9 Å². The van der Waals surface area contributed by atoms with Crippen LogP contribution in [0.15, 0.2) is 30.4 Å². The molecule has 0 saturated carbocycles. The summed E-state index contributed by atoms with van der Waals surface area (Å²) in [6, 6.07) is 7.35. The molecule has 0 bridgehead atoms. The van der Waals surface area contributed by atoms with E-state index >= 15 is 0 Å². The number of hydrogen-bond donors (Lipinski definition) is 2. The number of hydrogen-bond acceptors (Lipinski definition) is 3. The Kier molecular flexibility index (Phi) is 3.57. The fraction of sp³-hybridized carbons (Fsp3) is 0.182. The van der Waals surface area contributed by atoms with Crippen molar-refractivity contribution >= 4 is 11.4 Å². The van der Waals surface area contributed by atoms with E-state index in [0.29, 0.717) is 11.3 Å². The fourth-order valence-electron chi connectivity index (χ4n) is 1.07. The third-order valence-corrected chi connectivity index (χ3v) is 1.83. The van der Waals surface area contributed by atoms with Gasteiger partial charge in [-0.25, -0.2) is 0 Å². The van der Waals surface area contributed by atoms with Crippen LogP contribution in [-0.2, 0) is 0 Å². The molecule has 0 aliphatic carbocycles. The van der Waals surface area contributed by atoms with Crippen LogP contribution in [0.25, 0.3) is 0 Å². The molecule has 0 spiro atoms. The van der Waals surface area contributed by atoms with E-state index in [4.69, 9.17) is 11.0 Å². The van der Waals surface area contributed by atoms with Crippen molar-refractivity contribution in [1.82, 2.24) is 0 Å². The second-order valence-corrected chi connectivity index (χ2v) is 2.86. The maximum atomic E-state index is 8.66. The highest BCUT2D eigenvalue weighted by atomic mass is 14.9. The molecule has 3 N–H and O–H groups in total. The number of allylic oxidation sites excluding steroid dienone is 1. The molecule has 0 radical (unpaired) electrons. The van der Waals surface area contributed by atoms with Crippen molar-refractivity contribution in [3.63, 3.8) is 0 Å². The average Bonchev–Trinajstić information content (AvgIpc) is 2.18. The average molecular weight is 187 g/mol. The number of nitriles is 1. The first kappa shape index (κ1) is 10.1. The summed E-state index contributed by atoms with van der Waals surface area (Å²) in [7, 11) is 0. The Bertz CT molecular complexity index is 375. The van der Waals surface area contributed by atoms with Gasteiger partial charge in [-0.2, -0.15) is 5.26 Å². The van der Waals surface area contributed by atoms with Crippen molar-refractivity contribution < 1.29 is 0 Å². The van der Waals surface area contributed by atoms with E-state index < -0.39 is 0 Å². The van der Waals surface area contributed by atoms with Gasteiger partial charge < -0.3 is 11.1 Å². The van der Waals surface area contributed by atoms with Gasteiger partial charge in [-0.3, -0.25) is 0 Å². The predicted molar refractivity (Wildman–Crippen MR) is 58.9 cm³/mol. The largest absolute Gasteiger partial charge is 0.398 e. The van der Waals surface area contributed by atoms with Crippen LogP contribution in [-0.4, -0.2) is 6.54 Å². The van der Waals surface area contributed by atoms with Crippen LogP contribution < -0.4 is 11.1 Å². The van der Waals surface area contributed by atoms with Crippen LogP contribution in [0.2, 0.25) is 0 Å². The molecule has 0 saturated heterocycles. The molecule has 0 atom stereocenters. The van der Waals surface area contributed by atoms with Crippen molar-refractivity contribution in [2.45, 2.75) is 6.92 Å². The van der Waals surface area contributed by atoms with Crippen LogP contribution in [0.3, 0.4) is 0 Å². The van der Waals surface area contributed by atoms with E-state index in [9.17, 15) is 0 Å². The second kappa shape index (κ2) is 4.93. The van der Waals surface area contributed by atoms with Crippen molar-refractivity contribution in [2.24, 2.45) is 0 Å². The lowest BCUT2D eigenvalue weighted by atomic mass is 10.2. The minimum absolute atomic E-state index is 0.512. The Morgan fingerprint density at radius 1 is 1.57 bits per heavy atom. The van der Waals surface area contributed by atoms with Gasteiger partial charge in [0.15, 0.2) is 0 Å². The number of anilines is 2. The lowest BCUT2D eigenvalue weighted by Crippen LogP contribution is -1.99. The van der Waals surface area contributed by atoms with Gasteiger partial charge in [0.25, 0.3) is 0 Å². The summed E-state index contributed by atoms with van der Waals surface area (Å²) < 4.78 is 0. The SMILES string of the molecule is C/C=C/CNc1ccc(C#N)c(N)c1. The van der Waals surface area contributed by atoms with Crippen molar-refractivity contribution in [2.75, 3.05) is 17.6 Å². The highest BCUT2D eigenvalue weighted by Gasteiger charge is 1.97. The molecule has 3 heteroatoms. The van der Waals surface area contributed by atoms with Gasteiger partial charge in [0.05, 0.1) is 11.3 Å². The zero-order valence-electron chi connectivity index (χ0n) is 8.12. The molecular weight excluding hydrogens is 174 g/mol. The van der Waals surface area contributed by atoms with Gasteiger partial charge in [-0.1, -0.05) is 12.2 Å². The second-order valence-electron chi connectivity index (χ2n) is 2.86. The molecule has 0 heterocycles. The van der Waals surface area contributed by atoms with E-state index in [1.54, 1.807) is 12.1 Å². The van der Waals surface area contributed by atoms with Gasteiger partial charge >= 0.3 is 0 Å². The number of rotatable bonds is 3. The molecule has 1 aromatic rings. The summed E-state index contributed by atoms with van der Waals surface area (Å²) in [5.41, 5.74) is 7.61. The molecule has 0 unspecified atom stereocenters. The summed E-state index contributed by atoms with van der Waals surface area (Å²) in [6.45, 7) is 2.73. The van der Waals surface area contributed by atoms with Gasteiger partial charge in [0, 0.05) is 12.2 Å². The smallest absolute Gasteiger partial charge is 0.101 e. The topological polar surface area (TPSA) is 61.8 Å². The van der Waals surface area contributed by atoms with Gasteiger partial charge in [0.1, 0.15) is 6.07 Å². The van der Waals surface area contributed by atoms with Crippen LogP contribution in [0.4, 0.5) is 11.4 Å². The molecule has 1 rings (SSSR count). The van der Waals surface area contributed by atoms with Crippen LogP contribution in [0, 0.1) is 11.3 Å². The summed E-state index contributed by atoms with van der Waals surface area (Å²) in [4.78, 5) is 0. The summed E-state index contributed by atoms with van der Waals surface area (Å²) in [5.74, 6) is 0. The van der Waals surface area contributed by atoms with E-state index in [-0.39, 0.29) is 0 Å². The van der Waals surface area contributed by atoms with Gasteiger partial charge in [0.2, 0.25) is 0 Å². The minimum Gasteiger partial charge on any atom is -0.398 e. The molecule has 0 amide bonds. The number of benzene rings is 1. The van der Waals surface area contributed by atoms with Crippen molar-refractivity contribution in [1.29, 1.82) is 5.26 Å². The minimum atomic E-state index is 0.512. The summed E-state index contributed by atoms with van der Waals surface area (Å²) in [5, 5.41) is 11.8. The molecule has 72 valence electrons. The molecule has 1 aromatic carbocycles. The maximum Gasteiger partial charge on any atom is 0.101 e. The number of nitrogens with two attached hydrogens (primary N) is 1. The van der Waals surface area contributed by atoms with Crippen LogP contribution >= 0.6 is 0 Å². The lowest BCUT2D eigenvalue weighted by Gasteiger charge is -2.04. The Morgan fingerprint density at radius 3 is 2.93 bits per heavy atom. The molecule has 0 aliphatic heterocycles. The number of nitrogen functional groups attached to an aromatic ring is 1. The van der Waals surface area contributed by atoms with Crippen molar-refractivity contribution in [3.8, 4) is 6.07 Å². The predicted octanol–water partition coefficient (Wildman–Crippen LogP) is 2.13. The normalized spacial score (nSPS) is 10.0. The highest BCUT2D eigenvalue weighted by molar-refractivity contribution is 5.62. The number of nitrogens with zero attached hydrogens (tertiary/aromatic N) is 1. The Morgan fingerprint density at radius 2 is 2.36 bits per heavy atom. The first-order valence-electron chi connectivity index (χ1n) is 4.42. The first-order valence-corrected chi connectivity index (χ1v) is 4.42. The van der Waals surface area contributed by atoms with Crippen LogP contribution in [0.5, 0.6) is 0 Å². The quantitative estimate of drug-likeness (QED) is 0.563. The monoisotopic (exact) mass is 187 g/mol. The third-order valence-electron chi connectivity index (χ3n) is 1.83. The molecule has 0 fully saturated rings. The summed E-state index contributed by atoms with van der Waals surface area (Å²) in [6.07, 6.45) is 3.98. The zero-order valence-corrected chi connectivity index (χ0v) is 8.12. The molecule has 3 nitrogen and oxygen atoms in total. The first-order chi connectivity index (χ1) is 6.77. The third kappa shape index (κ3) is 2.53. The van der Waals surface area contributed by atoms with E-state index in [0.717, 1.165) is 12.2 Å². The molecule has 14 heavy (non-hydrogen) atoms. The van der Waals surface area contributed by atoms with E-state index in [1.807, 2.05) is 31.2 Å². The fourth-order valence-corrected chi connectivity index (χ4v) is 1.07. The lowest BCUT2D eigenvalue weighted by molar-refractivity contribution is 1.32. The number of nitrogens with one attached hydrogen (secondary N) is 1. The van der Waals surface area contributed by atoms with Crippen LogP contribution in [0.1, 0.15) is 12.5 Å². The van der Waals surface area contributed by atoms with Gasteiger partial charge in [-0.15, -0.1) is 0 Å². The zero-order chi connectivity index (χ0) is 10.4. The molecule has 0 aromatic heterocycles. The maximum absolute atomic E-state index is 8.66. The molecular formula is C11H13N3. The molecule has 0 aliphatic rings.